The Morgan fingerprint density at radius 2 is 2.12 bits per heavy atom. The van der Waals surface area contributed by atoms with Crippen LogP contribution >= 0.6 is 11.6 Å². The maximum absolute atomic E-state index is 13.4. The molecule has 0 bridgehead atoms. The number of anilines is 1. The van der Waals surface area contributed by atoms with Gasteiger partial charge in [0, 0.05) is 50.2 Å². The van der Waals surface area contributed by atoms with Crippen molar-refractivity contribution in [2.24, 2.45) is 16.6 Å². The third kappa shape index (κ3) is 4.40. The van der Waals surface area contributed by atoms with E-state index in [1.165, 1.54) is 0 Å². The Bertz CT molecular complexity index is 1170. The fourth-order valence-corrected chi connectivity index (χ4v) is 4.82. The second-order valence-corrected chi connectivity index (χ2v) is 9.14. The van der Waals surface area contributed by atoms with Crippen molar-refractivity contribution in [2.75, 3.05) is 31.6 Å². The predicted octanol–water partition coefficient (Wildman–Crippen LogP) is 2.94. The van der Waals surface area contributed by atoms with Gasteiger partial charge in [0.15, 0.2) is 5.65 Å². The number of hydrogen-bond acceptors (Lipinski definition) is 7. The van der Waals surface area contributed by atoms with E-state index in [2.05, 4.69) is 16.0 Å². The number of amides is 1. The maximum Gasteiger partial charge on any atom is 0.274 e. The Hall–Kier alpha value is -3.12. The molecule has 2 aromatic rings. The van der Waals surface area contributed by atoms with E-state index in [1.807, 2.05) is 19.2 Å². The van der Waals surface area contributed by atoms with Crippen LogP contribution in [0.2, 0.25) is 0 Å². The van der Waals surface area contributed by atoms with E-state index in [4.69, 9.17) is 27.4 Å². The van der Waals surface area contributed by atoms with Gasteiger partial charge in [0.05, 0.1) is 28.8 Å². The van der Waals surface area contributed by atoms with Gasteiger partial charge in [-0.3, -0.25) is 9.79 Å². The van der Waals surface area contributed by atoms with E-state index in [0.717, 1.165) is 55.0 Å². The molecule has 1 unspecified atom stereocenters. The molecule has 0 spiro atoms. The highest BCUT2D eigenvalue weighted by Crippen LogP contribution is 2.32. The van der Waals surface area contributed by atoms with Gasteiger partial charge in [-0.15, -0.1) is 0 Å². The minimum atomic E-state index is -0.238. The molecule has 2 aromatic heterocycles. The summed E-state index contributed by atoms with van der Waals surface area (Å²) >= 11 is 6.29. The molecule has 9 nitrogen and oxygen atoms in total. The largest absolute Gasteiger partial charge is 0.401 e. The number of aliphatic imine (C=N–C) groups is 1. The summed E-state index contributed by atoms with van der Waals surface area (Å²) in [6.45, 7) is 5.78. The van der Waals surface area contributed by atoms with Crippen molar-refractivity contribution in [3.63, 3.8) is 0 Å². The zero-order valence-electron chi connectivity index (χ0n) is 19.3. The summed E-state index contributed by atoms with van der Waals surface area (Å²) in [5, 5.41) is 14.2. The molecule has 2 N–H and O–H groups in total. The van der Waals surface area contributed by atoms with Gasteiger partial charge in [-0.1, -0.05) is 11.6 Å². The van der Waals surface area contributed by atoms with Gasteiger partial charge >= 0.3 is 0 Å². The van der Waals surface area contributed by atoms with Gasteiger partial charge in [0.1, 0.15) is 11.5 Å². The molecule has 0 radical (unpaired) electrons. The summed E-state index contributed by atoms with van der Waals surface area (Å²) < 4.78 is 1.77. The van der Waals surface area contributed by atoms with E-state index in [0.29, 0.717) is 18.8 Å². The number of aromatic nitrogens is 3. The molecular formula is C23H29ClN8O. The third-order valence-corrected chi connectivity index (χ3v) is 6.86. The van der Waals surface area contributed by atoms with Crippen LogP contribution in [0.4, 0.5) is 5.82 Å². The number of fused-ring (bicyclic) bond motifs is 1. The molecule has 2 saturated heterocycles. The average molecular weight is 469 g/mol. The molecule has 4 rings (SSSR count). The first-order valence-electron chi connectivity index (χ1n) is 11.3. The van der Waals surface area contributed by atoms with Crippen LogP contribution < -0.4 is 10.6 Å². The minimum Gasteiger partial charge on any atom is -0.401 e. The van der Waals surface area contributed by atoms with Crippen LogP contribution in [0.1, 0.15) is 49.9 Å². The maximum atomic E-state index is 13.4. The average Bonchev–Trinajstić information content (AvgIpc) is 3.45. The Balaban J connectivity index is 1.66. The van der Waals surface area contributed by atoms with E-state index in [9.17, 15) is 10.1 Å². The highest BCUT2D eigenvalue weighted by molar-refractivity contribution is 6.59. The molecule has 4 heterocycles. The van der Waals surface area contributed by atoms with Crippen molar-refractivity contribution in [1.29, 1.82) is 5.26 Å². The topological polar surface area (TPSA) is 116 Å². The summed E-state index contributed by atoms with van der Waals surface area (Å²) in [4.78, 5) is 26.3. The van der Waals surface area contributed by atoms with E-state index in [-0.39, 0.29) is 28.6 Å². The van der Waals surface area contributed by atoms with Crippen molar-refractivity contribution < 1.29 is 4.79 Å². The number of likely N-dealkylation sites (tertiary alicyclic amines) is 1. The number of carbonyl (C=O) groups excluding carboxylic acids is 1. The van der Waals surface area contributed by atoms with Gasteiger partial charge in [0.2, 0.25) is 0 Å². The second-order valence-electron chi connectivity index (χ2n) is 8.76. The molecule has 0 saturated carbocycles. The normalized spacial score (nSPS) is 22.5. The van der Waals surface area contributed by atoms with Crippen molar-refractivity contribution in [3.8, 4) is 6.07 Å². The number of allylic oxidation sites excluding steroid dienone is 1. The first kappa shape index (κ1) is 23.1. The molecule has 2 fully saturated rings. The lowest BCUT2D eigenvalue weighted by molar-refractivity contribution is -0.127. The lowest BCUT2D eigenvalue weighted by atomic mass is 9.98. The van der Waals surface area contributed by atoms with Gasteiger partial charge < -0.3 is 15.5 Å². The number of nitrogens with zero attached hydrogens (tertiary/aromatic N) is 7. The van der Waals surface area contributed by atoms with Crippen LogP contribution in [0.3, 0.4) is 0 Å². The SMILES string of the molecule is CN=C(C(=O)N1CCCC[C@H]1c1cc2nc(N3CCC(C#N)C3)c(C)cn2n1)/C(Cl)=C(/C)N. The number of halogens is 1. The zero-order valence-corrected chi connectivity index (χ0v) is 20.0. The van der Waals surface area contributed by atoms with Crippen LogP contribution in [0.25, 0.3) is 5.65 Å². The van der Waals surface area contributed by atoms with Crippen LogP contribution in [-0.2, 0) is 4.79 Å². The minimum absolute atomic E-state index is 0.0390. The Morgan fingerprint density at radius 1 is 1.33 bits per heavy atom. The molecule has 0 aromatic carbocycles. The molecular weight excluding hydrogens is 440 g/mol. The van der Waals surface area contributed by atoms with Crippen molar-refractivity contribution in [2.45, 2.75) is 45.6 Å². The number of aryl methyl sites for hydroxylation is 1. The first-order chi connectivity index (χ1) is 15.8. The molecule has 1 amide bonds. The second kappa shape index (κ2) is 9.40. The molecule has 2 atom stereocenters. The summed E-state index contributed by atoms with van der Waals surface area (Å²) in [5.41, 5.74) is 8.88. The Labute approximate surface area is 198 Å². The van der Waals surface area contributed by atoms with Crippen LogP contribution in [0.5, 0.6) is 0 Å². The van der Waals surface area contributed by atoms with E-state index < -0.39 is 0 Å². The van der Waals surface area contributed by atoms with Crippen molar-refractivity contribution in [3.05, 3.63) is 34.2 Å². The lowest BCUT2D eigenvalue weighted by Gasteiger charge is -2.35. The monoisotopic (exact) mass is 468 g/mol. The molecule has 174 valence electrons. The van der Waals surface area contributed by atoms with Gasteiger partial charge in [-0.2, -0.15) is 10.4 Å². The van der Waals surface area contributed by atoms with Crippen molar-refractivity contribution >= 4 is 34.7 Å². The summed E-state index contributed by atoms with van der Waals surface area (Å²) in [6.07, 6.45) is 5.53. The van der Waals surface area contributed by atoms with Gasteiger partial charge in [0.25, 0.3) is 5.91 Å². The fraction of sp³-hybridized carbons (Fsp3) is 0.522. The number of nitrogens with two attached hydrogens (primary N) is 1. The lowest BCUT2D eigenvalue weighted by Crippen LogP contribution is -2.42. The zero-order chi connectivity index (χ0) is 23.7. The van der Waals surface area contributed by atoms with Crippen molar-refractivity contribution in [1.82, 2.24) is 19.5 Å². The van der Waals surface area contributed by atoms with Gasteiger partial charge in [-0.05, 0) is 39.5 Å². The van der Waals surface area contributed by atoms with E-state index in [1.54, 1.807) is 23.4 Å². The number of nitriles is 1. The fourth-order valence-electron chi connectivity index (χ4n) is 4.65. The molecule has 2 aliphatic heterocycles. The number of carbonyl (C=O) groups is 1. The summed E-state index contributed by atoms with van der Waals surface area (Å²) in [7, 11) is 1.55. The number of piperidine rings is 1. The highest BCUT2D eigenvalue weighted by Gasteiger charge is 2.33. The standard InChI is InChI=1S/C23H29ClN8O/c1-14-12-32-19(28-22(14)30-9-7-16(11-25)13-30)10-17(29-32)18-6-4-5-8-31(18)23(33)21(27-3)20(24)15(2)26/h10,12,16,18H,4-9,13,26H2,1-3H3/b20-15+,27-21?/t16?,18-/m0/s1. The van der Waals surface area contributed by atoms with Crippen LogP contribution in [0, 0.1) is 24.2 Å². The number of rotatable bonds is 4. The molecule has 33 heavy (non-hydrogen) atoms. The quantitative estimate of drug-likeness (QED) is 0.689. The summed E-state index contributed by atoms with van der Waals surface area (Å²) in [5.74, 6) is 0.690. The Kier molecular flexibility index (Phi) is 6.56. The van der Waals surface area contributed by atoms with E-state index >= 15 is 0 Å². The van der Waals surface area contributed by atoms with Crippen LogP contribution in [0.15, 0.2) is 28.0 Å². The third-order valence-electron chi connectivity index (χ3n) is 6.38. The number of hydrogen-bond donors (Lipinski definition) is 1. The van der Waals surface area contributed by atoms with Gasteiger partial charge in [-0.25, -0.2) is 9.50 Å². The first-order valence-corrected chi connectivity index (χ1v) is 11.6. The van der Waals surface area contributed by atoms with Crippen LogP contribution in [-0.4, -0.2) is 57.8 Å². The molecule has 0 aliphatic carbocycles. The molecule has 10 heteroatoms. The smallest absolute Gasteiger partial charge is 0.274 e. The highest BCUT2D eigenvalue weighted by atomic mass is 35.5. The summed E-state index contributed by atoms with van der Waals surface area (Å²) in [6, 6.07) is 4.12. The predicted molar refractivity (Wildman–Crippen MR) is 128 cm³/mol. The Morgan fingerprint density at radius 3 is 2.79 bits per heavy atom. The molecule has 2 aliphatic rings.